The average Bonchev–Trinajstić information content (AvgIpc) is 3.29. The van der Waals surface area contributed by atoms with Gasteiger partial charge < -0.3 is 19.9 Å². The summed E-state index contributed by atoms with van der Waals surface area (Å²) >= 11 is 0. The fourth-order valence-electron chi connectivity index (χ4n) is 6.00. The molecule has 0 spiro atoms. The molecule has 2 aliphatic rings. The first-order valence-electron chi connectivity index (χ1n) is 13.6. The molecule has 37 heavy (non-hydrogen) atoms. The van der Waals surface area contributed by atoms with E-state index in [4.69, 9.17) is 9.97 Å². The lowest BCUT2D eigenvalue weighted by atomic mass is 9.97. The molecule has 0 aliphatic carbocycles. The monoisotopic (exact) mass is 495 g/mol. The van der Waals surface area contributed by atoms with Crippen LogP contribution in [0.1, 0.15) is 60.6 Å². The summed E-state index contributed by atoms with van der Waals surface area (Å²) in [5.41, 5.74) is 9.70. The molecule has 6 heteroatoms. The van der Waals surface area contributed by atoms with Gasteiger partial charge in [-0.1, -0.05) is 38.1 Å². The highest BCUT2D eigenvalue weighted by Gasteiger charge is 2.29. The van der Waals surface area contributed by atoms with Crippen molar-refractivity contribution in [2.75, 3.05) is 29.4 Å². The van der Waals surface area contributed by atoms with Gasteiger partial charge in [-0.25, -0.2) is 9.97 Å². The maximum Gasteiger partial charge on any atom is 0.162 e. The van der Waals surface area contributed by atoms with Crippen molar-refractivity contribution >= 4 is 22.4 Å². The van der Waals surface area contributed by atoms with Crippen molar-refractivity contribution in [1.29, 1.82) is 0 Å². The van der Waals surface area contributed by atoms with Crippen molar-refractivity contribution in [2.45, 2.75) is 65.5 Å². The van der Waals surface area contributed by atoms with Gasteiger partial charge in [-0.15, -0.1) is 0 Å². The van der Waals surface area contributed by atoms with Gasteiger partial charge in [0, 0.05) is 66.5 Å². The van der Waals surface area contributed by atoms with Crippen LogP contribution in [0.15, 0.2) is 42.6 Å². The number of benzene rings is 2. The molecular formula is C31H37N5O. The van der Waals surface area contributed by atoms with E-state index in [0.717, 1.165) is 67.3 Å². The summed E-state index contributed by atoms with van der Waals surface area (Å²) in [6.07, 6.45) is 4.44. The van der Waals surface area contributed by atoms with Crippen molar-refractivity contribution in [2.24, 2.45) is 0 Å². The Balaban J connectivity index is 1.47. The van der Waals surface area contributed by atoms with Crippen LogP contribution < -0.4 is 9.80 Å². The van der Waals surface area contributed by atoms with Gasteiger partial charge in [0.15, 0.2) is 5.82 Å². The van der Waals surface area contributed by atoms with Crippen LogP contribution >= 0.6 is 0 Å². The highest BCUT2D eigenvalue weighted by molar-refractivity contribution is 5.96. The van der Waals surface area contributed by atoms with Crippen LogP contribution in [0.2, 0.25) is 0 Å². The number of aromatic nitrogens is 3. The van der Waals surface area contributed by atoms with Gasteiger partial charge in [0.05, 0.1) is 11.8 Å². The minimum absolute atomic E-state index is 0.317. The van der Waals surface area contributed by atoms with Crippen LogP contribution in [0.5, 0.6) is 0 Å². The highest BCUT2D eigenvalue weighted by atomic mass is 16.3. The molecule has 1 atom stereocenters. The molecule has 6 rings (SSSR count). The molecule has 2 aromatic heterocycles. The maximum absolute atomic E-state index is 10.5. The zero-order chi connectivity index (χ0) is 25.7. The first kappa shape index (κ1) is 24.0. The summed E-state index contributed by atoms with van der Waals surface area (Å²) in [5.74, 6) is 2.27. The number of aliphatic hydroxyl groups excluding tert-OH is 1. The van der Waals surface area contributed by atoms with Crippen molar-refractivity contribution in [3.8, 4) is 11.4 Å². The third-order valence-corrected chi connectivity index (χ3v) is 8.12. The van der Waals surface area contributed by atoms with E-state index in [1.807, 2.05) is 0 Å². The van der Waals surface area contributed by atoms with Crippen molar-refractivity contribution in [3.05, 3.63) is 70.5 Å². The van der Waals surface area contributed by atoms with Crippen molar-refractivity contribution in [3.63, 3.8) is 0 Å². The molecule has 2 aliphatic heterocycles. The van der Waals surface area contributed by atoms with Gasteiger partial charge in [0.2, 0.25) is 0 Å². The summed E-state index contributed by atoms with van der Waals surface area (Å²) in [5, 5.41) is 11.7. The molecule has 4 heterocycles. The molecule has 6 nitrogen and oxygen atoms in total. The molecular weight excluding hydrogens is 458 g/mol. The first-order valence-corrected chi connectivity index (χ1v) is 13.6. The number of nitrogens with one attached hydrogen (secondary N) is 1. The molecule has 4 aromatic rings. The highest BCUT2D eigenvalue weighted by Crippen LogP contribution is 2.36. The third-order valence-electron chi connectivity index (χ3n) is 8.12. The molecule has 0 unspecified atom stereocenters. The molecule has 0 bridgehead atoms. The minimum Gasteiger partial charge on any atom is -0.391 e. The summed E-state index contributed by atoms with van der Waals surface area (Å²) in [6, 6.07) is 13.2. The Hall–Kier alpha value is -3.38. The number of hydrogen-bond acceptors (Lipinski definition) is 5. The quantitative estimate of drug-likeness (QED) is 0.370. The molecule has 2 aromatic carbocycles. The van der Waals surface area contributed by atoms with E-state index in [1.165, 1.54) is 33.3 Å². The predicted octanol–water partition coefficient (Wildman–Crippen LogP) is 5.89. The summed E-state index contributed by atoms with van der Waals surface area (Å²) < 4.78 is 0. The Morgan fingerprint density at radius 2 is 1.89 bits per heavy atom. The number of H-pyrrole nitrogens is 1. The standard InChI is InChI=1S/C31H37N5O/c1-19(2)22-11-10-20(3)28(15-22)35-14-12-26-25(18-35)31(36-13-6-7-23(37)17-36)34-30(33-26)24-8-5-9-27-29(24)21(4)16-32-27/h5,8-11,15-16,19,23,32,37H,6-7,12-14,17-18H2,1-4H3/t23-/m1/s1. The van der Waals surface area contributed by atoms with Gasteiger partial charge in [-0.05, 0) is 61.4 Å². The number of nitrogens with zero attached hydrogens (tertiary/aromatic N) is 4. The van der Waals surface area contributed by atoms with E-state index in [-0.39, 0.29) is 6.10 Å². The lowest BCUT2D eigenvalue weighted by Crippen LogP contribution is -2.41. The van der Waals surface area contributed by atoms with Gasteiger partial charge >= 0.3 is 0 Å². The van der Waals surface area contributed by atoms with E-state index in [9.17, 15) is 5.11 Å². The number of aromatic amines is 1. The smallest absolute Gasteiger partial charge is 0.162 e. The Kier molecular flexibility index (Phi) is 6.15. The molecule has 0 radical (unpaired) electrons. The van der Waals surface area contributed by atoms with Crippen LogP contribution in [0.25, 0.3) is 22.3 Å². The van der Waals surface area contributed by atoms with Gasteiger partial charge in [0.25, 0.3) is 0 Å². The number of aryl methyl sites for hydroxylation is 2. The lowest BCUT2D eigenvalue weighted by Gasteiger charge is -2.37. The van der Waals surface area contributed by atoms with Crippen LogP contribution in [-0.2, 0) is 13.0 Å². The molecule has 2 N–H and O–H groups in total. The molecule has 0 amide bonds. The van der Waals surface area contributed by atoms with Gasteiger partial charge in [-0.3, -0.25) is 0 Å². The number of hydrogen-bond donors (Lipinski definition) is 2. The van der Waals surface area contributed by atoms with Crippen LogP contribution in [0.3, 0.4) is 0 Å². The second-order valence-corrected chi connectivity index (χ2v) is 11.1. The summed E-state index contributed by atoms with van der Waals surface area (Å²) in [6.45, 7) is 12.1. The predicted molar refractivity (Wildman–Crippen MR) is 152 cm³/mol. The Morgan fingerprint density at radius 1 is 1.03 bits per heavy atom. The van der Waals surface area contributed by atoms with E-state index in [1.54, 1.807) is 0 Å². The molecule has 1 saturated heterocycles. The SMILES string of the molecule is Cc1ccc(C(C)C)cc1N1CCc2nc(-c3cccc4[nH]cc(C)c34)nc(N3CCC[C@@H](O)C3)c2C1. The fourth-order valence-corrected chi connectivity index (χ4v) is 6.00. The van der Waals surface area contributed by atoms with Gasteiger partial charge in [-0.2, -0.15) is 0 Å². The van der Waals surface area contributed by atoms with Crippen molar-refractivity contribution in [1.82, 2.24) is 15.0 Å². The second-order valence-electron chi connectivity index (χ2n) is 11.1. The number of anilines is 2. The largest absolute Gasteiger partial charge is 0.391 e. The zero-order valence-corrected chi connectivity index (χ0v) is 22.4. The van der Waals surface area contributed by atoms with Crippen molar-refractivity contribution < 1.29 is 5.11 Å². The van der Waals surface area contributed by atoms with E-state index in [2.05, 4.69) is 85.1 Å². The van der Waals surface area contributed by atoms with Crippen LogP contribution in [0, 0.1) is 13.8 Å². The summed E-state index contributed by atoms with van der Waals surface area (Å²) in [7, 11) is 0. The Bertz CT molecular complexity index is 1460. The Labute approximate surface area is 219 Å². The average molecular weight is 496 g/mol. The normalized spacial score (nSPS) is 18.1. The van der Waals surface area contributed by atoms with E-state index < -0.39 is 0 Å². The molecule has 0 saturated carbocycles. The fraction of sp³-hybridized carbons (Fsp3) is 0.419. The van der Waals surface area contributed by atoms with E-state index in [0.29, 0.717) is 12.5 Å². The van der Waals surface area contributed by atoms with Gasteiger partial charge in [0.1, 0.15) is 5.82 Å². The minimum atomic E-state index is -0.317. The zero-order valence-electron chi connectivity index (χ0n) is 22.4. The summed E-state index contributed by atoms with van der Waals surface area (Å²) in [4.78, 5) is 18.6. The molecule has 1 fully saturated rings. The number of fused-ring (bicyclic) bond motifs is 2. The first-order chi connectivity index (χ1) is 17.9. The number of rotatable bonds is 4. The second kappa shape index (κ2) is 9.49. The number of aliphatic hydroxyl groups is 1. The Morgan fingerprint density at radius 3 is 2.70 bits per heavy atom. The molecule has 192 valence electrons. The third kappa shape index (κ3) is 4.37. The topological polar surface area (TPSA) is 68.3 Å². The van der Waals surface area contributed by atoms with Crippen LogP contribution in [0.4, 0.5) is 11.5 Å². The van der Waals surface area contributed by atoms with E-state index >= 15 is 0 Å². The lowest BCUT2D eigenvalue weighted by molar-refractivity contribution is 0.153. The van der Waals surface area contributed by atoms with Crippen LogP contribution in [-0.4, -0.2) is 45.8 Å². The maximum atomic E-state index is 10.5. The number of β-amino-alcohol motifs (C(OH)–C–C–N with tert-alkyl or cyclic N) is 1. The number of piperidine rings is 1.